The Morgan fingerprint density at radius 2 is 1.18 bits per heavy atom. The Hall–Kier alpha value is -1.82. The second-order valence-corrected chi connectivity index (χ2v) is 3.99. The lowest BCUT2D eigenvalue weighted by Crippen LogP contribution is -1.74. The van der Waals surface area contributed by atoms with Gasteiger partial charge in [-0.05, 0) is 37.5 Å². The lowest BCUT2D eigenvalue weighted by molar-refractivity contribution is 1.34. The maximum Gasteiger partial charge on any atom is -0.0260 e. The van der Waals surface area contributed by atoms with Crippen molar-refractivity contribution in [3.05, 3.63) is 77.4 Å². The van der Waals surface area contributed by atoms with Crippen molar-refractivity contribution < 1.29 is 0 Å². The van der Waals surface area contributed by atoms with Crippen LogP contribution in [0.3, 0.4) is 0 Å². The first-order valence-electron chi connectivity index (χ1n) is 5.94. The van der Waals surface area contributed by atoms with E-state index in [1.165, 1.54) is 16.7 Å². The van der Waals surface area contributed by atoms with Crippen molar-refractivity contribution in [3.8, 4) is 0 Å². The molecule has 2 aromatic carbocycles. The van der Waals surface area contributed by atoms with E-state index in [2.05, 4.69) is 56.3 Å². The molecule has 2 aromatic rings. The van der Waals surface area contributed by atoms with Gasteiger partial charge in [-0.1, -0.05) is 66.7 Å². The van der Waals surface area contributed by atoms with Gasteiger partial charge in [0.05, 0.1) is 0 Å². The topological polar surface area (TPSA) is 0 Å². The summed E-state index contributed by atoms with van der Waals surface area (Å²) in [5, 5.41) is 0. The molecule has 0 heterocycles. The molecule has 0 fully saturated rings. The average Bonchev–Trinajstić information content (AvgIpc) is 2.36. The van der Waals surface area contributed by atoms with Gasteiger partial charge in [0.25, 0.3) is 0 Å². The Labute approximate surface area is 105 Å². The molecule has 0 radical (unpaired) electrons. The molecular weight excluding hydrogens is 204 g/mol. The van der Waals surface area contributed by atoms with Gasteiger partial charge in [0.2, 0.25) is 0 Å². The maximum absolute atomic E-state index is 2.12. The highest BCUT2D eigenvalue weighted by Crippen LogP contribution is 2.02. The van der Waals surface area contributed by atoms with Crippen LogP contribution in [0, 0.1) is 13.8 Å². The predicted molar refractivity (Wildman–Crippen MR) is 77.1 cm³/mol. The van der Waals surface area contributed by atoms with E-state index in [4.69, 9.17) is 0 Å². The Morgan fingerprint density at radius 1 is 0.706 bits per heavy atom. The van der Waals surface area contributed by atoms with Crippen LogP contribution in [0.5, 0.6) is 0 Å². The van der Waals surface area contributed by atoms with Crippen LogP contribution in [0.2, 0.25) is 0 Å². The normalized spacial score (nSPS) is 9.82. The van der Waals surface area contributed by atoms with E-state index in [9.17, 15) is 0 Å². The minimum absolute atomic E-state index is 1.26. The van der Waals surface area contributed by atoms with E-state index >= 15 is 0 Å². The second kappa shape index (κ2) is 7.45. The summed E-state index contributed by atoms with van der Waals surface area (Å²) in [6.07, 6.45) is 4.12. The largest absolute Gasteiger partial charge is 0.0871 e. The molecule has 0 bridgehead atoms. The summed E-state index contributed by atoms with van der Waals surface area (Å²) in [5.74, 6) is 0. The first-order chi connectivity index (χ1) is 8.24. The quantitative estimate of drug-likeness (QED) is 0.637. The fourth-order valence-corrected chi connectivity index (χ4v) is 1.42. The first-order valence-corrected chi connectivity index (χ1v) is 5.94. The van der Waals surface area contributed by atoms with Crippen molar-refractivity contribution in [2.24, 2.45) is 0 Å². The zero-order chi connectivity index (χ0) is 12.5. The van der Waals surface area contributed by atoms with Crippen molar-refractivity contribution >= 4 is 6.08 Å². The summed E-state index contributed by atoms with van der Waals surface area (Å²) < 4.78 is 0. The van der Waals surface area contributed by atoms with E-state index in [1.54, 1.807) is 0 Å². The van der Waals surface area contributed by atoms with Gasteiger partial charge in [-0.25, -0.2) is 0 Å². The Kier molecular flexibility index (Phi) is 5.81. The Balaban J connectivity index is 0.000000171. The van der Waals surface area contributed by atoms with Crippen molar-refractivity contribution in [2.45, 2.75) is 20.8 Å². The lowest BCUT2D eigenvalue weighted by Gasteiger charge is -1.93. The van der Waals surface area contributed by atoms with Crippen molar-refractivity contribution in [1.29, 1.82) is 0 Å². The SMILES string of the molecule is CC=Cc1ccccc1.Cc1ccccc1C. The van der Waals surface area contributed by atoms with Crippen molar-refractivity contribution in [1.82, 2.24) is 0 Å². The summed E-state index contributed by atoms with van der Waals surface area (Å²) in [5.41, 5.74) is 4.00. The van der Waals surface area contributed by atoms with E-state index in [1.807, 2.05) is 31.2 Å². The number of hydrogen-bond donors (Lipinski definition) is 0. The summed E-state index contributed by atoms with van der Waals surface area (Å²) in [6.45, 7) is 6.26. The Bertz CT molecular complexity index is 431. The smallest absolute Gasteiger partial charge is 0.0260 e. The highest BCUT2D eigenvalue weighted by atomic mass is 13.9. The lowest BCUT2D eigenvalue weighted by atomic mass is 10.1. The Morgan fingerprint density at radius 3 is 1.59 bits per heavy atom. The average molecular weight is 224 g/mol. The molecule has 0 saturated carbocycles. The summed E-state index contributed by atoms with van der Waals surface area (Å²) in [4.78, 5) is 0. The standard InChI is InChI=1S/C9H10.C8H10/c1-2-6-9-7-4-3-5-8-9;1-7-5-3-4-6-8(7)2/h2-8H,1H3;3-6H,1-2H3. The van der Waals surface area contributed by atoms with Crippen molar-refractivity contribution in [2.75, 3.05) is 0 Å². The molecule has 0 atom stereocenters. The molecule has 0 aromatic heterocycles. The van der Waals surface area contributed by atoms with Gasteiger partial charge in [0.15, 0.2) is 0 Å². The molecule has 0 spiro atoms. The molecule has 0 N–H and O–H groups in total. The van der Waals surface area contributed by atoms with Crippen LogP contribution in [-0.2, 0) is 0 Å². The molecule has 2 rings (SSSR count). The molecule has 0 saturated heterocycles. The zero-order valence-electron chi connectivity index (χ0n) is 10.9. The highest BCUT2D eigenvalue weighted by Gasteiger charge is 1.83. The first kappa shape index (κ1) is 13.2. The minimum Gasteiger partial charge on any atom is -0.0871 e. The molecule has 0 aliphatic heterocycles. The van der Waals surface area contributed by atoms with Crippen LogP contribution in [0.25, 0.3) is 6.08 Å². The monoisotopic (exact) mass is 224 g/mol. The number of allylic oxidation sites excluding steroid dienone is 1. The fraction of sp³-hybridized carbons (Fsp3) is 0.176. The van der Waals surface area contributed by atoms with Gasteiger partial charge in [-0.2, -0.15) is 0 Å². The summed E-state index contributed by atoms with van der Waals surface area (Å²) in [6, 6.07) is 18.6. The van der Waals surface area contributed by atoms with E-state index in [0.29, 0.717) is 0 Å². The molecule has 0 unspecified atom stereocenters. The highest BCUT2D eigenvalue weighted by molar-refractivity contribution is 5.47. The predicted octanol–water partition coefficient (Wildman–Crippen LogP) is 5.02. The van der Waals surface area contributed by atoms with E-state index in [0.717, 1.165) is 0 Å². The van der Waals surface area contributed by atoms with E-state index < -0.39 is 0 Å². The van der Waals surface area contributed by atoms with Gasteiger partial charge in [-0.3, -0.25) is 0 Å². The second-order valence-electron chi connectivity index (χ2n) is 3.99. The van der Waals surface area contributed by atoms with Gasteiger partial charge in [0, 0.05) is 0 Å². The number of benzene rings is 2. The van der Waals surface area contributed by atoms with Crippen LogP contribution >= 0.6 is 0 Å². The van der Waals surface area contributed by atoms with Crippen LogP contribution in [0.1, 0.15) is 23.6 Å². The van der Waals surface area contributed by atoms with Crippen molar-refractivity contribution in [3.63, 3.8) is 0 Å². The molecule has 0 aliphatic carbocycles. The molecule has 88 valence electrons. The molecule has 0 aliphatic rings. The number of aryl methyl sites for hydroxylation is 2. The molecule has 17 heavy (non-hydrogen) atoms. The molecular formula is C17H20. The molecule has 0 heteroatoms. The van der Waals surface area contributed by atoms with Gasteiger partial charge >= 0.3 is 0 Å². The van der Waals surface area contributed by atoms with Crippen LogP contribution in [-0.4, -0.2) is 0 Å². The third kappa shape index (κ3) is 5.17. The third-order valence-corrected chi connectivity index (χ3v) is 2.58. The van der Waals surface area contributed by atoms with Crippen LogP contribution in [0.4, 0.5) is 0 Å². The number of rotatable bonds is 1. The zero-order valence-corrected chi connectivity index (χ0v) is 10.9. The maximum atomic E-state index is 2.12. The summed E-state index contributed by atoms with van der Waals surface area (Å²) >= 11 is 0. The molecule has 0 amide bonds. The minimum atomic E-state index is 1.26. The van der Waals surface area contributed by atoms with Crippen LogP contribution in [0.15, 0.2) is 60.7 Å². The fourth-order valence-electron chi connectivity index (χ4n) is 1.42. The number of hydrogen-bond acceptors (Lipinski definition) is 0. The van der Waals surface area contributed by atoms with Gasteiger partial charge in [-0.15, -0.1) is 0 Å². The van der Waals surface area contributed by atoms with Crippen LogP contribution < -0.4 is 0 Å². The van der Waals surface area contributed by atoms with Gasteiger partial charge < -0.3 is 0 Å². The third-order valence-electron chi connectivity index (χ3n) is 2.58. The van der Waals surface area contributed by atoms with Gasteiger partial charge in [0.1, 0.15) is 0 Å². The summed E-state index contributed by atoms with van der Waals surface area (Å²) in [7, 11) is 0. The van der Waals surface area contributed by atoms with E-state index in [-0.39, 0.29) is 0 Å². The molecule has 0 nitrogen and oxygen atoms in total.